The van der Waals surface area contributed by atoms with Gasteiger partial charge in [0.1, 0.15) is 0 Å². The highest BCUT2D eigenvalue weighted by Crippen LogP contribution is 1.94. The number of nitrogens with zero attached hydrogens (tertiary/aromatic N) is 2. The summed E-state index contributed by atoms with van der Waals surface area (Å²) in [6.07, 6.45) is 3.15. The van der Waals surface area contributed by atoms with E-state index in [4.69, 9.17) is 0 Å². The molecule has 17 heavy (non-hydrogen) atoms. The zero-order valence-electron chi connectivity index (χ0n) is 12.0. The van der Waals surface area contributed by atoms with Gasteiger partial charge in [0.05, 0.1) is 6.54 Å². The number of amides is 1. The van der Waals surface area contributed by atoms with Crippen molar-refractivity contribution < 1.29 is 4.79 Å². The Morgan fingerprint density at radius 1 is 1.06 bits per heavy atom. The molecule has 0 bridgehead atoms. The second-order valence-corrected chi connectivity index (χ2v) is 4.71. The maximum absolute atomic E-state index is 11.9. The van der Waals surface area contributed by atoms with E-state index in [1.165, 1.54) is 0 Å². The van der Waals surface area contributed by atoms with Crippen LogP contribution in [0.25, 0.3) is 0 Å². The van der Waals surface area contributed by atoms with Crippen molar-refractivity contribution >= 4 is 5.91 Å². The van der Waals surface area contributed by atoms with Crippen LogP contribution in [0, 0.1) is 0 Å². The van der Waals surface area contributed by atoms with Gasteiger partial charge in [-0.3, -0.25) is 4.79 Å². The Kier molecular flexibility index (Phi) is 10.2. The van der Waals surface area contributed by atoms with Gasteiger partial charge in [-0.05, 0) is 46.4 Å². The minimum absolute atomic E-state index is 0.235. The first-order chi connectivity index (χ1) is 8.11. The summed E-state index contributed by atoms with van der Waals surface area (Å²) in [6, 6.07) is 0. The molecule has 0 radical (unpaired) electrons. The van der Waals surface area contributed by atoms with E-state index in [0.29, 0.717) is 6.54 Å². The average Bonchev–Trinajstić information content (AvgIpc) is 2.27. The number of rotatable bonds is 10. The van der Waals surface area contributed by atoms with Gasteiger partial charge in [0.25, 0.3) is 0 Å². The molecule has 0 saturated carbocycles. The fourth-order valence-corrected chi connectivity index (χ4v) is 1.73. The monoisotopic (exact) mass is 243 g/mol. The van der Waals surface area contributed by atoms with E-state index in [1.54, 1.807) is 0 Å². The molecule has 0 aromatic rings. The largest absolute Gasteiger partial charge is 0.342 e. The van der Waals surface area contributed by atoms with Gasteiger partial charge in [0.2, 0.25) is 5.91 Å². The zero-order chi connectivity index (χ0) is 13.1. The molecule has 4 heteroatoms. The molecule has 0 spiro atoms. The molecule has 0 atom stereocenters. The molecular weight excluding hydrogens is 214 g/mol. The second kappa shape index (κ2) is 10.5. The van der Waals surface area contributed by atoms with Crippen molar-refractivity contribution in [3.8, 4) is 0 Å². The van der Waals surface area contributed by atoms with E-state index >= 15 is 0 Å². The highest BCUT2D eigenvalue weighted by molar-refractivity contribution is 5.78. The zero-order valence-corrected chi connectivity index (χ0v) is 12.0. The number of hydrogen-bond acceptors (Lipinski definition) is 3. The van der Waals surface area contributed by atoms with Crippen LogP contribution in [0.3, 0.4) is 0 Å². The van der Waals surface area contributed by atoms with Gasteiger partial charge >= 0.3 is 0 Å². The van der Waals surface area contributed by atoms with Crippen LogP contribution in [0.4, 0.5) is 0 Å². The van der Waals surface area contributed by atoms with E-state index in [2.05, 4.69) is 38.2 Å². The van der Waals surface area contributed by atoms with E-state index in [1.807, 2.05) is 4.90 Å². The van der Waals surface area contributed by atoms with E-state index < -0.39 is 0 Å². The first-order valence-electron chi connectivity index (χ1n) is 6.75. The molecule has 0 aliphatic rings. The fourth-order valence-electron chi connectivity index (χ4n) is 1.73. The van der Waals surface area contributed by atoms with Crippen LogP contribution < -0.4 is 5.32 Å². The standard InChI is InChI=1S/C13H29N3O/c1-5-9-16(10-6-2)13(17)12-14-8-7-11-15(3)4/h14H,5-12H2,1-4H3. The highest BCUT2D eigenvalue weighted by atomic mass is 16.2. The predicted molar refractivity (Wildman–Crippen MR) is 73.2 cm³/mol. The lowest BCUT2D eigenvalue weighted by atomic mass is 10.3. The number of nitrogens with one attached hydrogen (secondary N) is 1. The predicted octanol–water partition coefficient (Wildman–Crippen LogP) is 1.18. The molecule has 4 nitrogen and oxygen atoms in total. The average molecular weight is 243 g/mol. The Morgan fingerprint density at radius 3 is 2.12 bits per heavy atom. The summed E-state index contributed by atoms with van der Waals surface area (Å²) < 4.78 is 0. The van der Waals surface area contributed by atoms with Crippen LogP contribution in [0.5, 0.6) is 0 Å². The van der Waals surface area contributed by atoms with Crippen molar-refractivity contribution in [2.24, 2.45) is 0 Å². The highest BCUT2D eigenvalue weighted by Gasteiger charge is 2.10. The summed E-state index contributed by atoms with van der Waals surface area (Å²) in [5.41, 5.74) is 0. The first kappa shape index (κ1) is 16.4. The summed E-state index contributed by atoms with van der Waals surface area (Å²) in [7, 11) is 4.13. The molecule has 0 rings (SSSR count). The van der Waals surface area contributed by atoms with Crippen molar-refractivity contribution in [1.82, 2.24) is 15.1 Å². The first-order valence-corrected chi connectivity index (χ1v) is 6.75. The summed E-state index contributed by atoms with van der Waals surface area (Å²) in [4.78, 5) is 16.0. The minimum atomic E-state index is 0.235. The van der Waals surface area contributed by atoms with Crippen LogP contribution in [0.2, 0.25) is 0 Å². The summed E-state index contributed by atoms with van der Waals surface area (Å²) in [5, 5.41) is 3.22. The van der Waals surface area contributed by atoms with Crippen molar-refractivity contribution in [3.63, 3.8) is 0 Å². The molecular formula is C13H29N3O. The van der Waals surface area contributed by atoms with Crippen LogP contribution >= 0.6 is 0 Å². The Bertz CT molecular complexity index is 189. The molecule has 0 unspecified atom stereocenters. The van der Waals surface area contributed by atoms with Gasteiger partial charge < -0.3 is 15.1 Å². The van der Waals surface area contributed by atoms with Gasteiger partial charge in [-0.25, -0.2) is 0 Å². The Hall–Kier alpha value is -0.610. The van der Waals surface area contributed by atoms with Crippen LogP contribution in [0.1, 0.15) is 33.1 Å². The molecule has 0 aliphatic heterocycles. The van der Waals surface area contributed by atoms with Gasteiger partial charge in [-0.15, -0.1) is 0 Å². The second-order valence-electron chi connectivity index (χ2n) is 4.71. The molecule has 1 amide bonds. The summed E-state index contributed by atoms with van der Waals surface area (Å²) in [5.74, 6) is 0.235. The van der Waals surface area contributed by atoms with Crippen molar-refractivity contribution in [2.75, 3.05) is 46.8 Å². The van der Waals surface area contributed by atoms with Gasteiger partial charge in [0, 0.05) is 13.1 Å². The third-order valence-corrected chi connectivity index (χ3v) is 2.57. The van der Waals surface area contributed by atoms with Gasteiger partial charge in [0.15, 0.2) is 0 Å². The Morgan fingerprint density at radius 2 is 1.65 bits per heavy atom. The smallest absolute Gasteiger partial charge is 0.236 e. The summed E-state index contributed by atoms with van der Waals surface area (Å²) >= 11 is 0. The van der Waals surface area contributed by atoms with E-state index in [9.17, 15) is 4.79 Å². The molecule has 1 N–H and O–H groups in total. The quantitative estimate of drug-likeness (QED) is 0.585. The molecule has 0 aromatic carbocycles. The maximum atomic E-state index is 11.9. The Balaban J connectivity index is 3.66. The minimum Gasteiger partial charge on any atom is -0.342 e. The summed E-state index contributed by atoms with van der Waals surface area (Å²) in [6.45, 7) is 8.44. The topological polar surface area (TPSA) is 35.6 Å². The molecule has 0 aliphatic carbocycles. The van der Waals surface area contributed by atoms with E-state index in [-0.39, 0.29) is 5.91 Å². The lowest BCUT2D eigenvalue weighted by Crippen LogP contribution is -2.39. The van der Waals surface area contributed by atoms with Crippen LogP contribution in [0.15, 0.2) is 0 Å². The third kappa shape index (κ3) is 9.12. The Labute approximate surface area is 106 Å². The molecule has 0 aromatic heterocycles. The lowest BCUT2D eigenvalue weighted by molar-refractivity contribution is -0.130. The maximum Gasteiger partial charge on any atom is 0.236 e. The SMILES string of the molecule is CCCN(CCC)C(=O)CNCCCN(C)C. The van der Waals surface area contributed by atoms with Crippen molar-refractivity contribution in [2.45, 2.75) is 33.1 Å². The van der Waals surface area contributed by atoms with Gasteiger partial charge in [-0.1, -0.05) is 13.8 Å². The van der Waals surface area contributed by atoms with Gasteiger partial charge in [-0.2, -0.15) is 0 Å². The molecule has 102 valence electrons. The van der Waals surface area contributed by atoms with E-state index in [0.717, 1.165) is 45.4 Å². The molecule has 0 heterocycles. The lowest BCUT2D eigenvalue weighted by Gasteiger charge is -2.21. The normalized spacial score (nSPS) is 10.9. The number of carbonyl (C=O) groups excluding carboxylic acids is 1. The van der Waals surface area contributed by atoms with Crippen LogP contribution in [-0.4, -0.2) is 62.5 Å². The third-order valence-electron chi connectivity index (χ3n) is 2.57. The number of hydrogen-bond donors (Lipinski definition) is 1. The fraction of sp³-hybridized carbons (Fsp3) is 0.923. The molecule has 0 fully saturated rings. The number of carbonyl (C=O) groups is 1. The van der Waals surface area contributed by atoms with Crippen molar-refractivity contribution in [1.29, 1.82) is 0 Å². The van der Waals surface area contributed by atoms with Crippen LogP contribution in [-0.2, 0) is 4.79 Å². The molecule has 0 saturated heterocycles. The van der Waals surface area contributed by atoms with Crippen molar-refractivity contribution in [3.05, 3.63) is 0 Å².